The number of benzene rings is 1. The summed E-state index contributed by atoms with van der Waals surface area (Å²) in [5, 5.41) is 2.67. The summed E-state index contributed by atoms with van der Waals surface area (Å²) in [5.74, 6) is -0.433. The molecule has 0 radical (unpaired) electrons. The van der Waals surface area contributed by atoms with Gasteiger partial charge in [0.15, 0.2) is 0 Å². The van der Waals surface area contributed by atoms with Crippen molar-refractivity contribution >= 4 is 23.9 Å². The van der Waals surface area contributed by atoms with Gasteiger partial charge in [-0.25, -0.2) is 0 Å². The van der Waals surface area contributed by atoms with Crippen molar-refractivity contribution in [2.75, 3.05) is 26.8 Å². The average Bonchev–Trinajstić information content (AvgIpc) is 2.62. The highest BCUT2D eigenvalue weighted by Gasteiger charge is 2.34. The third-order valence-electron chi connectivity index (χ3n) is 3.81. The maximum Gasteiger partial charge on any atom is 0.308 e. The predicted octanol–water partition coefficient (Wildman–Crippen LogP) is 0.989. The van der Waals surface area contributed by atoms with Crippen molar-refractivity contribution in [3.63, 3.8) is 0 Å². The zero-order chi connectivity index (χ0) is 18.2. The topological polar surface area (TPSA) is 84.9 Å². The number of nitrogens with zero attached hydrogens (tertiary/aromatic N) is 1. The van der Waals surface area contributed by atoms with E-state index in [0.29, 0.717) is 13.1 Å². The number of carbonyl (C=O) groups is 3. The molecule has 25 heavy (non-hydrogen) atoms. The summed E-state index contributed by atoms with van der Waals surface area (Å²) >= 11 is 0. The Kier molecular flexibility index (Phi) is 6.56. The molecule has 1 saturated heterocycles. The molecule has 0 aromatic heterocycles. The van der Waals surface area contributed by atoms with E-state index < -0.39 is 12.0 Å². The summed E-state index contributed by atoms with van der Waals surface area (Å²) in [5.41, 5.74) is 0.831. The fourth-order valence-electron chi connectivity index (χ4n) is 2.54. The van der Waals surface area contributed by atoms with Crippen molar-refractivity contribution < 1.29 is 23.9 Å². The highest BCUT2D eigenvalue weighted by atomic mass is 16.5. The second-order valence-corrected chi connectivity index (χ2v) is 5.45. The van der Waals surface area contributed by atoms with Gasteiger partial charge in [-0.05, 0) is 30.7 Å². The number of hydrogen-bond donors (Lipinski definition) is 1. The highest BCUT2D eigenvalue weighted by Crippen LogP contribution is 2.14. The summed E-state index contributed by atoms with van der Waals surface area (Å²) in [6.45, 7) is 2.64. The third kappa shape index (κ3) is 5.07. The number of esters is 1. The van der Waals surface area contributed by atoms with E-state index in [-0.39, 0.29) is 24.8 Å². The van der Waals surface area contributed by atoms with Gasteiger partial charge < -0.3 is 19.7 Å². The standard InChI is InChI=1S/C18H22N2O5/c1-3-25-17(22)12-15-18(23)19-10-11-20(15)16(21)9-6-13-4-7-14(24-2)8-5-13/h4-9,15H,3,10-12H2,1-2H3,(H,19,23)/b9-6+/t15-/m1/s1. The lowest BCUT2D eigenvalue weighted by Crippen LogP contribution is -2.57. The van der Waals surface area contributed by atoms with Crippen molar-refractivity contribution in [1.82, 2.24) is 10.2 Å². The maximum absolute atomic E-state index is 12.5. The number of rotatable bonds is 6. The molecule has 134 valence electrons. The number of methoxy groups -OCH3 is 1. The fraction of sp³-hybridized carbons (Fsp3) is 0.389. The fourth-order valence-corrected chi connectivity index (χ4v) is 2.54. The van der Waals surface area contributed by atoms with E-state index in [1.807, 2.05) is 12.1 Å². The molecule has 1 atom stereocenters. The van der Waals surface area contributed by atoms with Gasteiger partial charge in [-0.1, -0.05) is 12.1 Å². The van der Waals surface area contributed by atoms with Crippen molar-refractivity contribution in [3.05, 3.63) is 35.9 Å². The average molecular weight is 346 g/mol. The Morgan fingerprint density at radius 3 is 2.68 bits per heavy atom. The third-order valence-corrected chi connectivity index (χ3v) is 3.81. The first kappa shape index (κ1) is 18.5. The van der Waals surface area contributed by atoms with Gasteiger partial charge in [-0.2, -0.15) is 0 Å². The van der Waals surface area contributed by atoms with Crippen LogP contribution in [-0.4, -0.2) is 55.5 Å². The molecule has 1 aromatic carbocycles. The number of ether oxygens (including phenoxy) is 2. The number of hydrogen-bond acceptors (Lipinski definition) is 5. The Hall–Kier alpha value is -2.83. The second kappa shape index (κ2) is 8.86. The van der Waals surface area contributed by atoms with E-state index in [2.05, 4.69) is 5.32 Å². The van der Waals surface area contributed by atoms with Crippen molar-refractivity contribution in [2.24, 2.45) is 0 Å². The lowest BCUT2D eigenvalue weighted by Gasteiger charge is -2.33. The zero-order valence-electron chi connectivity index (χ0n) is 14.4. The molecular weight excluding hydrogens is 324 g/mol. The molecule has 0 bridgehead atoms. The Morgan fingerprint density at radius 2 is 2.04 bits per heavy atom. The van der Waals surface area contributed by atoms with Crippen LogP contribution < -0.4 is 10.1 Å². The molecule has 1 fully saturated rings. The smallest absolute Gasteiger partial charge is 0.308 e. The quantitative estimate of drug-likeness (QED) is 0.613. The molecule has 0 spiro atoms. The van der Waals surface area contributed by atoms with Gasteiger partial charge in [0.1, 0.15) is 11.8 Å². The molecule has 1 N–H and O–H groups in total. The monoisotopic (exact) mass is 346 g/mol. The largest absolute Gasteiger partial charge is 0.497 e. The van der Waals surface area contributed by atoms with Crippen LogP contribution in [0, 0.1) is 0 Å². The van der Waals surface area contributed by atoms with Crippen LogP contribution >= 0.6 is 0 Å². The molecule has 1 aliphatic heterocycles. The van der Waals surface area contributed by atoms with Crippen LogP contribution in [-0.2, 0) is 19.1 Å². The van der Waals surface area contributed by atoms with E-state index in [1.165, 1.54) is 11.0 Å². The summed E-state index contributed by atoms with van der Waals surface area (Å²) in [6.07, 6.45) is 2.91. The molecule has 7 nitrogen and oxygen atoms in total. The van der Waals surface area contributed by atoms with Crippen molar-refractivity contribution in [1.29, 1.82) is 0 Å². The van der Waals surface area contributed by atoms with Crippen molar-refractivity contribution in [2.45, 2.75) is 19.4 Å². The Balaban J connectivity index is 2.06. The van der Waals surface area contributed by atoms with Crippen LogP contribution in [0.5, 0.6) is 5.75 Å². The molecule has 1 aliphatic rings. The van der Waals surface area contributed by atoms with Crippen LogP contribution in [0.3, 0.4) is 0 Å². The molecule has 2 rings (SSSR count). The Bertz CT molecular complexity index is 654. The lowest BCUT2D eigenvalue weighted by molar-refractivity contribution is -0.150. The van der Waals surface area contributed by atoms with Crippen LogP contribution in [0.2, 0.25) is 0 Å². The molecule has 0 saturated carbocycles. The van der Waals surface area contributed by atoms with Gasteiger partial charge in [0.25, 0.3) is 0 Å². The minimum absolute atomic E-state index is 0.151. The van der Waals surface area contributed by atoms with Crippen LogP contribution in [0.1, 0.15) is 18.9 Å². The maximum atomic E-state index is 12.5. The molecule has 0 unspecified atom stereocenters. The molecule has 1 aromatic rings. The SMILES string of the molecule is CCOC(=O)C[C@@H]1C(=O)NCCN1C(=O)/C=C/c1ccc(OC)cc1. The summed E-state index contributed by atoms with van der Waals surface area (Å²) in [4.78, 5) is 37.6. The van der Waals surface area contributed by atoms with Crippen molar-refractivity contribution in [3.8, 4) is 5.75 Å². The summed E-state index contributed by atoms with van der Waals surface area (Å²) < 4.78 is 9.97. The number of nitrogens with one attached hydrogen (secondary N) is 1. The van der Waals surface area contributed by atoms with Crippen LogP contribution in [0.4, 0.5) is 0 Å². The van der Waals surface area contributed by atoms with Gasteiger partial charge in [-0.3, -0.25) is 14.4 Å². The van der Waals surface area contributed by atoms with Crippen LogP contribution in [0.15, 0.2) is 30.3 Å². The van der Waals surface area contributed by atoms with Gasteiger partial charge in [0, 0.05) is 19.2 Å². The minimum Gasteiger partial charge on any atom is -0.497 e. The van der Waals surface area contributed by atoms with Gasteiger partial charge >= 0.3 is 5.97 Å². The normalized spacial score (nSPS) is 17.3. The Morgan fingerprint density at radius 1 is 1.32 bits per heavy atom. The minimum atomic E-state index is -0.846. The summed E-state index contributed by atoms with van der Waals surface area (Å²) in [7, 11) is 1.58. The molecule has 2 amide bonds. The highest BCUT2D eigenvalue weighted by molar-refractivity contribution is 5.97. The Labute approximate surface area is 146 Å². The predicted molar refractivity (Wildman–Crippen MR) is 91.8 cm³/mol. The van der Waals surface area contributed by atoms with E-state index in [0.717, 1.165) is 11.3 Å². The number of carbonyl (C=O) groups excluding carboxylic acids is 3. The second-order valence-electron chi connectivity index (χ2n) is 5.45. The van der Waals surface area contributed by atoms with Gasteiger partial charge in [-0.15, -0.1) is 0 Å². The van der Waals surface area contributed by atoms with E-state index in [9.17, 15) is 14.4 Å². The van der Waals surface area contributed by atoms with Gasteiger partial charge in [0.2, 0.25) is 11.8 Å². The van der Waals surface area contributed by atoms with E-state index in [1.54, 1.807) is 32.2 Å². The number of amides is 2. The first-order valence-corrected chi connectivity index (χ1v) is 8.11. The van der Waals surface area contributed by atoms with Crippen LogP contribution in [0.25, 0.3) is 6.08 Å². The molecule has 7 heteroatoms. The lowest BCUT2D eigenvalue weighted by atomic mass is 10.1. The zero-order valence-corrected chi connectivity index (χ0v) is 14.4. The first-order chi connectivity index (χ1) is 12.0. The van der Waals surface area contributed by atoms with E-state index >= 15 is 0 Å². The van der Waals surface area contributed by atoms with Gasteiger partial charge in [0.05, 0.1) is 20.1 Å². The summed E-state index contributed by atoms with van der Waals surface area (Å²) in [6, 6.07) is 6.38. The molecular formula is C18H22N2O5. The van der Waals surface area contributed by atoms with E-state index in [4.69, 9.17) is 9.47 Å². The first-order valence-electron chi connectivity index (χ1n) is 8.11. The number of piperazine rings is 1. The molecule has 1 heterocycles. The molecule has 0 aliphatic carbocycles.